The Morgan fingerprint density at radius 3 is 2.79 bits per heavy atom. The van der Waals surface area contributed by atoms with Crippen molar-refractivity contribution < 1.29 is 9.53 Å². The first kappa shape index (κ1) is 19.4. The van der Waals surface area contributed by atoms with E-state index in [2.05, 4.69) is 19.9 Å². The molecule has 2 N–H and O–H groups in total. The number of hydrogen-bond donors (Lipinski definition) is 2. The van der Waals surface area contributed by atoms with Crippen molar-refractivity contribution in [2.45, 2.75) is 46.2 Å². The first-order chi connectivity index (χ1) is 14.0. The van der Waals surface area contributed by atoms with Crippen LogP contribution in [0.4, 0.5) is 0 Å². The molecule has 0 atom stereocenters. The van der Waals surface area contributed by atoms with Gasteiger partial charge in [-0.1, -0.05) is 0 Å². The van der Waals surface area contributed by atoms with Gasteiger partial charge in [-0.05, 0) is 57.4 Å². The summed E-state index contributed by atoms with van der Waals surface area (Å²) in [6.45, 7) is 7.31. The van der Waals surface area contributed by atoms with Crippen molar-refractivity contribution in [1.82, 2.24) is 19.9 Å². The SMILES string of the molecule is Cc1cc(C)c(CNC(=O)c2c(C)n(C3CCOCC3)c3ncccc23)c(=O)[nH]1. The zero-order chi connectivity index (χ0) is 20.5. The molecule has 29 heavy (non-hydrogen) atoms. The van der Waals surface area contributed by atoms with Crippen molar-refractivity contribution >= 4 is 16.9 Å². The van der Waals surface area contributed by atoms with E-state index < -0.39 is 0 Å². The van der Waals surface area contributed by atoms with Crippen LogP contribution in [0.25, 0.3) is 11.0 Å². The van der Waals surface area contributed by atoms with Crippen molar-refractivity contribution in [2.75, 3.05) is 13.2 Å². The summed E-state index contributed by atoms with van der Waals surface area (Å²) in [4.78, 5) is 32.8. The van der Waals surface area contributed by atoms with Crippen LogP contribution in [0.2, 0.25) is 0 Å². The number of carbonyl (C=O) groups is 1. The molecule has 0 bridgehead atoms. The van der Waals surface area contributed by atoms with Crippen molar-refractivity contribution in [3.63, 3.8) is 0 Å². The van der Waals surface area contributed by atoms with Gasteiger partial charge in [0.05, 0.1) is 5.56 Å². The van der Waals surface area contributed by atoms with Gasteiger partial charge in [-0.25, -0.2) is 4.98 Å². The molecule has 7 nitrogen and oxygen atoms in total. The summed E-state index contributed by atoms with van der Waals surface area (Å²) in [5, 5.41) is 3.78. The number of fused-ring (bicyclic) bond motifs is 1. The standard InChI is InChI=1S/C22H26N4O3/c1-13-11-14(2)25-21(27)18(13)12-24-22(28)19-15(3)26(16-6-9-29-10-7-16)20-17(19)5-4-8-23-20/h4-5,8,11,16H,6-7,9-10,12H2,1-3H3,(H,24,28)(H,25,27). The molecule has 7 heteroatoms. The van der Waals surface area contributed by atoms with Crippen LogP contribution in [0, 0.1) is 20.8 Å². The third-order valence-electron chi connectivity index (χ3n) is 5.71. The highest BCUT2D eigenvalue weighted by atomic mass is 16.5. The van der Waals surface area contributed by atoms with Gasteiger partial charge in [-0.2, -0.15) is 0 Å². The molecule has 0 aromatic carbocycles. The van der Waals surface area contributed by atoms with Gasteiger partial charge >= 0.3 is 0 Å². The van der Waals surface area contributed by atoms with Gasteiger partial charge in [0.1, 0.15) is 5.65 Å². The van der Waals surface area contributed by atoms with Gasteiger partial charge in [-0.15, -0.1) is 0 Å². The highest BCUT2D eigenvalue weighted by Gasteiger charge is 2.26. The maximum atomic E-state index is 13.1. The topological polar surface area (TPSA) is 89.0 Å². The van der Waals surface area contributed by atoms with Crippen LogP contribution in [0.1, 0.15) is 51.8 Å². The molecule has 1 amide bonds. The summed E-state index contributed by atoms with van der Waals surface area (Å²) in [7, 11) is 0. The van der Waals surface area contributed by atoms with E-state index in [1.807, 2.05) is 39.0 Å². The zero-order valence-electron chi connectivity index (χ0n) is 17.0. The Labute approximate surface area is 169 Å². The minimum atomic E-state index is -0.189. The Hall–Kier alpha value is -2.93. The highest BCUT2D eigenvalue weighted by molar-refractivity contribution is 6.07. The van der Waals surface area contributed by atoms with Gasteiger partial charge in [0.25, 0.3) is 11.5 Å². The number of ether oxygens (including phenoxy) is 1. The van der Waals surface area contributed by atoms with Crippen molar-refractivity contribution in [3.8, 4) is 0 Å². The van der Waals surface area contributed by atoms with Crippen LogP contribution < -0.4 is 10.9 Å². The molecular weight excluding hydrogens is 368 g/mol. The molecule has 1 aliphatic rings. The molecule has 1 aliphatic heterocycles. The van der Waals surface area contributed by atoms with E-state index in [9.17, 15) is 9.59 Å². The van der Waals surface area contributed by atoms with Gasteiger partial charge in [0.15, 0.2) is 0 Å². The summed E-state index contributed by atoms with van der Waals surface area (Å²) in [6.07, 6.45) is 3.56. The van der Waals surface area contributed by atoms with Crippen LogP contribution >= 0.6 is 0 Å². The zero-order valence-corrected chi connectivity index (χ0v) is 17.0. The number of hydrogen-bond acceptors (Lipinski definition) is 4. The molecule has 4 heterocycles. The molecule has 0 aliphatic carbocycles. The number of nitrogens with one attached hydrogen (secondary N) is 2. The van der Waals surface area contributed by atoms with Gasteiger partial charge < -0.3 is 19.6 Å². The summed E-state index contributed by atoms with van der Waals surface area (Å²) >= 11 is 0. The Kier molecular flexibility index (Phi) is 5.24. The maximum absolute atomic E-state index is 13.1. The molecule has 1 saturated heterocycles. The van der Waals surface area contributed by atoms with E-state index in [1.165, 1.54) is 0 Å². The largest absolute Gasteiger partial charge is 0.381 e. The smallest absolute Gasteiger partial charge is 0.254 e. The number of aryl methyl sites for hydroxylation is 2. The third kappa shape index (κ3) is 3.58. The normalized spacial score (nSPS) is 15.0. The van der Waals surface area contributed by atoms with Gasteiger partial charge in [0.2, 0.25) is 0 Å². The second-order valence-corrected chi connectivity index (χ2v) is 7.67. The van der Waals surface area contributed by atoms with E-state index in [0.29, 0.717) is 24.3 Å². The molecule has 1 fully saturated rings. The molecule has 0 unspecified atom stereocenters. The lowest BCUT2D eigenvalue weighted by Gasteiger charge is -2.25. The van der Waals surface area contributed by atoms with Crippen molar-refractivity contribution in [1.29, 1.82) is 0 Å². The second kappa shape index (κ2) is 7.83. The van der Waals surface area contributed by atoms with Crippen LogP contribution in [-0.2, 0) is 11.3 Å². The Morgan fingerprint density at radius 1 is 1.31 bits per heavy atom. The van der Waals surface area contributed by atoms with Crippen LogP contribution in [0.5, 0.6) is 0 Å². The van der Waals surface area contributed by atoms with Gasteiger partial charge in [-0.3, -0.25) is 9.59 Å². The van der Waals surface area contributed by atoms with Crippen LogP contribution in [0.15, 0.2) is 29.2 Å². The summed E-state index contributed by atoms with van der Waals surface area (Å²) in [5.74, 6) is -0.189. The summed E-state index contributed by atoms with van der Waals surface area (Å²) in [5.41, 5.74) is 4.45. The number of nitrogens with zero attached hydrogens (tertiary/aromatic N) is 2. The highest BCUT2D eigenvalue weighted by Crippen LogP contribution is 2.32. The molecule has 3 aromatic heterocycles. The van der Waals surface area contributed by atoms with Crippen LogP contribution in [-0.4, -0.2) is 33.7 Å². The second-order valence-electron chi connectivity index (χ2n) is 7.67. The minimum absolute atomic E-state index is 0.161. The number of carbonyl (C=O) groups excluding carboxylic acids is 1. The Morgan fingerprint density at radius 2 is 2.07 bits per heavy atom. The average molecular weight is 394 g/mol. The average Bonchev–Trinajstić information content (AvgIpc) is 2.99. The predicted molar refractivity (Wildman–Crippen MR) is 111 cm³/mol. The Bertz CT molecular complexity index is 1120. The fourth-order valence-corrected chi connectivity index (χ4v) is 4.29. The first-order valence-electron chi connectivity index (χ1n) is 9.98. The minimum Gasteiger partial charge on any atom is -0.381 e. The molecule has 0 spiro atoms. The van der Waals surface area contributed by atoms with Crippen LogP contribution in [0.3, 0.4) is 0 Å². The van der Waals surface area contributed by atoms with E-state index in [0.717, 1.165) is 40.8 Å². The lowest BCUT2D eigenvalue weighted by Crippen LogP contribution is -2.28. The van der Waals surface area contributed by atoms with Gasteiger partial charge in [0, 0.05) is 54.3 Å². The monoisotopic (exact) mass is 394 g/mol. The van der Waals surface area contributed by atoms with E-state index in [-0.39, 0.29) is 24.1 Å². The molecular formula is C22H26N4O3. The number of H-pyrrole nitrogens is 1. The number of rotatable bonds is 4. The molecule has 4 rings (SSSR count). The number of pyridine rings is 2. The van der Waals surface area contributed by atoms with Crippen molar-refractivity contribution in [2.24, 2.45) is 0 Å². The fraction of sp³-hybridized carbons (Fsp3) is 0.409. The summed E-state index contributed by atoms with van der Waals surface area (Å²) < 4.78 is 7.68. The lowest BCUT2D eigenvalue weighted by molar-refractivity contribution is 0.0701. The lowest BCUT2D eigenvalue weighted by atomic mass is 10.1. The maximum Gasteiger partial charge on any atom is 0.254 e. The van der Waals surface area contributed by atoms with E-state index in [1.54, 1.807) is 6.20 Å². The quantitative estimate of drug-likeness (QED) is 0.712. The number of aromatic nitrogens is 3. The van der Waals surface area contributed by atoms with E-state index in [4.69, 9.17) is 4.74 Å². The van der Waals surface area contributed by atoms with E-state index >= 15 is 0 Å². The first-order valence-corrected chi connectivity index (χ1v) is 9.98. The molecule has 0 saturated carbocycles. The predicted octanol–water partition coefficient (Wildman–Crippen LogP) is 2.93. The summed E-state index contributed by atoms with van der Waals surface area (Å²) in [6, 6.07) is 5.96. The molecule has 152 valence electrons. The number of aromatic amines is 1. The molecule has 3 aromatic rings. The van der Waals surface area contributed by atoms with Crippen molar-refractivity contribution in [3.05, 3.63) is 62.8 Å². The third-order valence-corrected chi connectivity index (χ3v) is 5.71. The Balaban J connectivity index is 1.68. The molecule has 0 radical (unpaired) electrons. The fourth-order valence-electron chi connectivity index (χ4n) is 4.29. The number of amides is 1.